The Morgan fingerprint density at radius 2 is 1.21 bits per heavy atom. The van der Waals surface area contributed by atoms with Gasteiger partial charge in [-0.05, 0) is 77.6 Å². The predicted molar refractivity (Wildman–Crippen MR) is 159 cm³/mol. The smallest absolute Gasteiger partial charge is 0.249 e. The van der Waals surface area contributed by atoms with Crippen LogP contribution in [0.3, 0.4) is 0 Å². The van der Waals surface area contributed by atoms with Gasteiger partial charge in [-0.15, -0.1) is 0 Å². The lowest BCUT2D eigenvalue weighted by molar-refractivity contribution is -0.132. The molecule has 0 aromatic carbocycles. The van der Waals surface area contributed by atoms with Crippen molar-refractivity contribution in [1.29, 1.82) is 0 Å². The molecule has 4 atom stereocenters. The highest BCUT2D eigenvalue weighted by Crippen LogP contribution is 2.12. The van der Waals surface area contributed by atoms with Gasteiger partial charge in [-0.3, -0.25) is 4.79 Å². The number of nitrogens with one attached hydrogen (secondary N) is 1. The van der Waals surface area contributed by atoms with Crippen molar-refractivity contribution in [2.75, 3.05) is 6.61 Å². The minimum absolute atomic E-state index is 0.341. The molecule has 0 aromatic heterocycles. The first-order valence-corrected chi connectivity index (χ1v) is 15.0. The lowest BCUT2D eigenvalue weighted by atomic mass is 10.00. The van der Waals surface area contributed by atoms with Gasteiger partial charge in [0.05, 0.1) is 18.8 Å². The normalized spacial score (nSPS) is 15.6. The SMILES string of the molecule is C/C=C/CC/C=C/CC/C=C/CCCC(O)C(O)C(CO)NC(=O)C(O)CCCCCC/C=C\CCCC. The maximum atomic E-state index is 12.3. The number of hydrogen-bond acceptors (Lipinski definition) is 5. The van der Waals surface area contributed by atoms with E-state index in [1.54, 1.807) is 0 Å². The van der Waals surface area contributed by atoms with Crippen LogP contribution in [0.25, 0.3) is 0 Å². The topological polar surface area (TPSA) is 110 Å². The van der Waals surface area contributed by atoms with Gasteiger partial charge in [-0.2, -0.15) is 0 Å². The molecule has 0 saturated heterocycles. The Kier molecular flexibility index (Phi) is 25.6. The monoisotopic (exact) mass is 535 g/mol. The minimum Gasteiger partial charge on any atom is -0.394 e. The van der Waals surface area contributed by atoms with Crippen molar-refractivity contribution in [3.05, 3.63) is 48.6 Å². The molecule has 0 radical (unpaired) electrons. The molecule has 38 heavy (non-hydrogen) atoms. The summed E-state index contributed by atoms with van der Waals surface area (Å²) in [5, 5.41) is 43.0. The van der Waals surface area contributed by atoms with Gasteiger partial charge in [-0.1, -0.05) is 87.6 Å². The van der Waals surface area contributed by atoms with E-state index in [-0.39, 0.29) is 0 Å². The Hall–Kier alpha value is -1.73. The zero-order valence-corrected chi connectivity index (χ0v) is 24.1. The lowest BCUT2D eigenvalue weighted by Crippen LogP contribution is -2.53. The van der Waals surface area contributed by atoms with Crippen LogP contribution in [-0.4, -0.2) is 57.3 Å². The van der Waals surface area contributed by atoms with E-state index in [1.807, 2.05) is 6.92 Å². The zero-order chi connectivity index (χ0) is 28.3. The molecular weight excluding hydrogens is 478 g/mol. The number of aliphatic hydroxyl groups is 4. The summed E-state index contributed by atoms with van der Waals surface area (Å²) in [6.07, 6.45) is 28.6. The Morgan fingerprint density at radius 1 is 0.684 bits per heavy atom. The molecule has 0 fully saturated rings. The maximum absolute atomic E-state index is 12.3. The third kappa shape index (κ3) is 21.2. The molecule has 1 amide bonds. The summed E-state index contributed by atoms with van der Waals surface area (Å²) < 4.78 is 0. The van der Waals surface area contributed by atoms with Crippen LogP contribution < -0.4 is 5.32 Å². The molecule has 220 valence electrons. The van der Waals surface area contributed by atoms with Crippen LogP contribution in [0.4, 0.5) is 0 Å². The number of unbranched alkanes of at least 4 members (excludes halogenated alkanes) is 9. The van der Waals surface area contributed by atoms with E-state index in [4.69, 9.17) is 0 Å². The van der Waals surface area contributed by atoms with E-state index in [0.29, 0.717) is 19.3 Å². The van der Waals surface area contributed by atoms with Gasteiger partial charge in [0.25, 0.3) is 0 Å². The summed E-state index contributed by atoms with van der Waals surface area (Å²) >= 11 is 0. The zero-order valence-electron chi connectivity index (χ0n) is 24.1. The van der Waals surface area contributed by atoms with Crippen molar-refractivity contribution in [2.24, 2.45) is 0 Å². The highest BCUT2D eigenvalue weighted by atomic mass is 16.3. The first-order chi connectivity index (χ1) is 18.5. The molecule has 0 bridgehead atoms. The Morgan fingerprint density at radius 3 is 1.79 bits per heavy atom. The molecule has 0 saturated carbocycles. The van der Waals surface area contributed by atoms with Crippen LogP contribution in [-0.2, 0) is 4.79 Å². The number of amides is 1. The number of carbonyl (C=O) groups is 1. The van der Waals surface area contributed by atoms with E-state index in [9.17, 15) is 25.2 Å². The maximum Gasteiger partial charge on any atom is 0.249 e. The van der Waals surface area contributed by atoms with Crippen LogP contribution in [0.2, 0.25) is 0 Å². The van der Waals surface area contributed by atoms with Gasteiger partial charge in [-0.25, -0.2) is 0 Å². The average Bonchev–Trinajstić information content (AvgIpc) is 2.92. The van der Waals surface area contributed by atoms with Gasteiger partial charge in [0.15, 0.2) is 0 Å². The van der Waals surface area contributed by atoms with E-state index >= 15 is 0 Å². The van der Waals surface area contributed by atoms with Crippen molar-refractivity contribution >= 4 is 5.91 Å². The van der Waals surface area contributed by atoms with E-state index in [0.717, 1.165) is 70.6 Å². The largest absolute Gasteiger partial charge is 0.394 e. The highest BCUT2D eigenvalue weighted by molar-refractivity contribution is 5.80. The van der Waals surface area contributed by atoms with Crippen LogP contribution in [0.1, 0.15) is 117 Å². The van der Waals surface area contributed by atoms with Gasteiger partial charge < -0.3 is 25.7 Å². The number of aliphatic hydroxyl groups excluding tert-OH is 4. The Labute approximate surface area is 232 Å². The van der Waals surface area contributed by atoms with Crippen LogP contribution in [0.15, 0.2) is 48.6 Å². The second kappa shape index (κ2) is 26.9. The van der Waals surface area contributed by atoms with Crippen molar-refractivity contribution in [1.82, 2.24) is 5.32 Å². The first kappa shape index (κ1) is 36.3. The molecule has 6 heteroatoms. The quantitative estimate of drug-likeness (QED) is 0.0722. The fraction of sp³-hybridized carbons (Fsp3) is 0.719. The molecule has 0 spiro atoms. The molecule has 0 aliphatic rings. The number of rotatable bonds is 25. The van der Waals surface area contributed by atoms with Crippen LogP contribution in [0.5, 0.6) is 0 Å². The van der Waals surface area contributed by atoms with E-state index in [2.05, 4.69) is 60.8 Å². The molecule has 6 nitrogen and oxygen atoms in total. The summed E-state index contributed by atoms with van der Waals surface area (Å²) in [5.74, 6) is -0.618. The number of hydrogen-bond donors (Lipinski definition) is 5. The first-order valence-electron chi connectivity index (χ1n) is 15.0. The molecule has 0 aliphatic heterocycles. The fourth-order valence-corrected chi connectivity index (χ4v) is 4.07. The molecule has 0 aliphatic carbocycles. The van der Waals surface area contributed by atoms with Crippen molar-refractivity contribution in [2.45, 2.75) is 141 Å². The molecule has 4 unspecified atom stereocenters. The van der Waals surface area contributed by atoms with E-state index in [1.165, 1.54) is 12.8 Å². The molecule has 0 rings (SSSR count). The summed E-state index contributed by atoms with van der Waals surface area (Å²) in [6, 6.07) is -1.01. The molecule has 5 N–H and O–H groups in total. The van der Waals surface area contributed by atoms with Crippen molar-refractivity contribution < 1.29 is 25.2 Å². The summed E-state index contributed by atoms with van der Waals surface area (Å²) in [6.45, 7) is 3.71. The van der Waals surface area contributed by atoms with E-state index < -0.39 is 36.9 Å². The minimum atomic E-state index is -1.29. The summed E-state index contributed by atoms with van der Waals surface area (Å²) in [5.41, 5.74) is 0. The van der Waals surface area contributed by atoms with Crippen molar-refractivity contribution in [3.8, 4) is 0 Å². The average molecular weight is 536 g/mol. The lowest BCUT2D eigenvalue weighted by Gasteiger charge is -2.27. The summed E-state index contributed by atoms with van der Waals surface area (Å²) in [4.78, 5) is 12.3. The molecule has 0 aromatic rings. The van der Waals surface area contributed by atoms with Crippen LogP contribution >= 0.6 is 0 Å². The number of allylic oxidation sites excluding steroid dienone is 8. The van der Waals surface area contributed by atoms with Crippen LogP contribution in [0, 0.1) is 0 Å². The molecular formula is C32H57NO5. The van der Waals surface area contributed by atoms with Gasteiger partial charge in [0.1, 0.15) is 12.2 Å². The third-order valence-corrected chi connectivity index (χ3v) is 6.56. The second-order valence-electron chi connectivity index (χ2n) is 10.1. The molecule has 0 heterocycles. The Balaban J connectivity index is 4.05. The highest BCUT2D eigenvalue weighted by Gasteiger charge is 2.28. The van der Waals surface area contributed by atoms with Gasteiger partial charge in [0.2, 0.25) is 5.91 Å². The number of carbonyl (C=O) groups excluding carboxylic acids is 1. The Bertz CT molecular complexity index is 658. The summed E-state index contributed by atoms with van der Waals surface area (Å²) in [7, 11) is 0. The predicted octanol–water partition coefficient (Wildman–Crippen LogP) is 6.05. The standard InChI is InChI=1S/C32H57NO5/c1-3-5-7-9-11-13-15-16-18-19-21-23-25-29(35)31(37)28(27-34)33-32(38)30(36)26-24-22-20-17-14-12-10-8-6-4-2/h3,5,10-13,18-19,28-31,34-37H,4,6-9,14-17,20-27H2,1-2H3,(H,33,38)/b5-3+,12-10-,13-11+,19-18+. The second-order valence-corrected chi connectivity index (χ2v) is 10.1. The fourth-order valence-electron chi connectivity index (χ4n) is 4.07. The van der Waals surface area contributed by atoms with Gasteiger partial charge in [0, 0.05) is 0 Å². The van der Waals surface area contributed by atoms with Gasteiger partial charge >= 0.3 is 0 Å². The third-order valence-electron chi connectivity index (χ3n) is 6.56. The van der Waals surface area contributed by atoms with Crippen molar-refractivity contribution in [3.63, 3.8) is 0 Å².